The number of aromatic hydroxyl groups is 1. The van der Waals surface area contributed by atoms with Gasteiger partial charge in [-0.1, -0.05) is 0 Å². The molecule has 0 radical (unpaired) electrons. The van der Waals surface area contributed by atoms with E-state index in [1.807, 2.05) is 43.4 Å². The Hall–Kier alpha value is -2.16. The Kier molecular flexibility index (Phi) is 2.96. The van der Waals surface area contributed by atoms with E-state index in [1.54, 1.807) is 12.1 Å². The molecule has 0 heterocycles. The third-order valence-electron chi connectivity index (χ3n) is 2.33. The number of hydrogen-bond acceptors (Lipinski definition) is 3. The zero-order chi connectivity index (χ0) is 11.4. The van der Waals surface area contributed by atoms with E-state index in [-0.39, 0.29) is 5.75 Å². The number of anilines is 3. The number of benzene rings is 2. The second-order valence-corrected chi connectivity index (χ2v) is 3.50. The van der Waals surface area contributed by atoms with Crippen LogP contribution in [0.25, 0.3) is 0 Å². The third kappa shape index (κ3) is 2.45. The van der Waals surface area contributed by atoms with Crippen LogP contribution in [0.15, 0.2) is 48.5 Å². The first-order valence-corrected chi connectivity index (χ1v) is 5.12. The molecule has 2 rings (SSSR count). The predicted molar refractivity (Wildman–Crippen MR) is 67.4 cm³/mol. The number of rotatable bonds is 3. The lowest BCUT2D eigenvalue weighted by atomic mass is 10.2. The van der Waals surface area contributed by atoms with E-state index in [1.165, 1.54) is 0 Å². The molecule has 82 valence electrons. The highest BCUT2D eigenvalue weighted by Crippen LogP contribution is 2.20. The van der Waals surface area contributed by atoms with Crippen molar-refractivity contribution in [3.05, 3.63) is 48.5 Å². The summed E-state index contributed by atoms with van der Waals surface area (Å²) < 4.78 is 0. The Labute approximate surface area is 94.7 Å². The molecule has 0 aromatic heterocycles. The van der Waals surface area contributed by atoms with Gasteiger partial charge in [0.25, 0.3) is 0 Å². The molecule has 2 aromatic carbocycles. The van der Waals surface area contributed by atoms with Gasteiger partial charge in [-0.05, 0) is 48.5 Å². The Balaban J connectivity index is 2.11. The van der Waals surface area contributed by atoms with Gasteiger partial charge in [-0.3, -0.25) is 0 Å². The topological polar surface area (TPSA) is 44.3 Å². The van der Waals surface area contributed by atoms with Crippen molar-refractivity contribution in [2.24, 2.45) is 0 Å². The normalized spacial score (nSPS) is 9.81. The Morgan fingerprint density at radius 3 is 1.69 bits per heavy atom. The summed E-state index contributed by atoms with van der Waals surface area (Å²) in [5.74, 6) is 0.274. The molecule has 3 nitrogen and oxygen atoms in total. The van der Waals surface area contributed by atoms with E-state index in [0.29, 0.717) is 0 Å². The summed E-state index contributed by atoms with van der Waals surface area (Å²) in [5.41, 5.74) is 3.05. The average Bonchev–Trinajstić information content (AvgIpc) is 2.33. The van der Waals surface area contributed by atoms with Crippen molar-refractivity contribution in [3.8, 4) is 5.75 Å². The van der Waals surface area contributed by atoms with Crippen LogP contribution >= 0.6 is 0 Å². The average molecular weight is 214 g/mol. The lowest BCUT2D eigenvalue weighted by Crippen LogP contribution is -1.91. The highest BCUT2D eigenvalue weighted by Gasteiger charge is 1.95. The molecule has 0 atom stereocenters. The van der Waals surface area contributed by atoms with E-state index in [2.05, 4.69) is 10.6 Å². The maximum absolute atomic E-state index is 9.16. The maximum atomic E-state index is 9.16. The van der Waals surface area contributed by atoms with Crippen LogP contribution in [-0.4, -0.2) is 12.2 Å². The lowest BCUT2D eigenvalue weighted by Gasteiger charge is -2.07. The zero-order valence-corrected chi connectivity index (χ0v) is 9.07. The molecule has 3 N–H and O–H groups in total. The van der Waals surface area contributed by atoms with Gasteiger partial charge in [0.2, 0.25) is 0 Å². The first kappa shape index (κ1) is 10.4. The van der Waals surface area contributed by atoms with Crippen LogP contribution in [-0.2, 0) is 0 Å². The molecule has 0 aliphatic rings. The van der Waals surface area contributed by atoms with Gasteiger partial charge in [0.15, 0.2) is 0 Å². The zero-order valence-electron chi connectivity index (χ0n) is 9.07. The minimum Gasteiger partial charge on any atom is -0.508 e. The fourth-order valence-electron chi connectivity index (χ4n) is 1.43. The van der Waals surface area contributed by atoms with Crippen molar-refractivity contribution in [1.29, 1.82) is 0 Å². The van der Waals surface area contributed by atoms with Crippen LogP contribution in [0.2, 0.25) is 0 Å². The molecule has 0 fully saturated rings. The van der Waals surface area contributed by atoms with E-state index < -0.39 is 0 Å². The van der Waals surface area contributed by atoms with Crippen molar-refractivity contribution < 1.29 is 5.11 Å². The van der Waals surface area contributed by atoms with Crippen molar-refractivity contribution in [3.63, 3.8) is 0 Å². The first-order valence-electron chi connectivity index (χ1n) is 5.12. The first-order chi connectivity index (χ1) is 7.78. The van der Waals surface area contributed by atoms with E-state index in [9.17, 15) is 0 Å². The lowest BCUT2D eigenvalue weighted by molar-refractivity contribution is 0.475. The van der Waals surface area contributed by atoms with Crippen LogP contribution in [0.5, 0.6) is 5.75 Å². The van der Waals surface area contributed by atoms with Gasteiger partial charge < -0.3 is 15.7 Å². The summed E-state index contributed by atoms with van der Waals surface area (Å²) >= 11 is 0. The minimum atomic E-state index is 0.274. The van der Waals surface area contributed by atoms with Gasteiger partial charge >= 0.3 is 0 Å². The highest BCUT2D eigenvalue weighted by molar-refractivity contribution is 5.62. The smallest absolute Gasteiger partial charge is 0.115 e. The summed E-state index contributed by atoms with van der Waals surface area (Å²) in [7, 11) is 1.89. The molecule has 3 heteroatoms. The molecule has 0 amide bonds. The fraction of sp³-hybridized carbons (Fsp3) is 0.0769. The molecule has 0 unspecified atom stereocenters. The van der Waals surface area contributed by atoms with Gasteiger partial charge in [0, 0.05) is 24.1 Å². The molecule has 0 spiro atoms. The molecule has 0 saturated carbocycles. The summed E-state index contributed by atoms with van der Waals surface area (Å²) in [5, 5.41) is 15.5. The Morgan fingerprint density at radius 1 is 0.750 bits per heavy atom. The molecule has 2 aromatic rings. The van der Waals surface area contributed by atoms with E-state index in [0.717, 1.165) is 17.1 Å². The van der Waals surface area contributed by atoms with E-state index in [4.69, 9.17) is 5.11 Å². The monoisotopic (exact) mass is 214 g/mol. The Morgan fingerprint density at radius 2 is 1.19 bits per heavy atom. The van der Waals surface area contributed by atoms with Crippen molar-refractivity contribution in [2.45, 2.75) is 0 Å². The standard InChI is InChI=1S/C13H14N2O/c1-14-10-2-4-11(5-3-10)15-12-6-8-13(16)9-7-12/h2-9,14-16H,1H3. The number of phenolic OH excluding ortho intramolecular Hbond substituents is 1. The summed E-state index contributed by atoms with van der Waals surface area (Å²) in [6.45, 7) is 0. The number of hydrogen-bond donors (Lipinski definition) is 3. The van der Waals surface area contributed by atoms with Gasteiger partial charge in [-0.15, -0.1) is 0 Å². The SMILES string of the molecule is CNc1ccc(Nc2ccc(O)cc2)cc1. The molecule has 0 bridgehead atoms. The van der Waals surface area contributed by atoms with Gasteiger partial charge in [0.1, 0.15) is 5.75 Å². The number of phenols is 1. The molecular weight excluding hydrogens is 200 g/mol. The molecular formula is C13H14N2O. The van der Waals surface area contributed by atoms with Crippen LogP contribution < -0.4 is 10.6 Å². The van der Waals surface area contributed by atoms with Gasteiger partial charge in [-0.25, -0.2) is 0 Å². The molecule has 0 aliphatic heterocycles. The van der Waals surface area contributed by atoms with E-state index >= 15 is 0 Å². The number of nitrogens with one attached hydrogen (secondary N) is 2. The van der Waals surface area contributed by atoms with Crippen LogP contribution in [0.4, 0.5) is 17.1 Å². The van der Waals surface area contributed by atoms with Crippen molar-refractivity contribution in [2.75, 3.05) is 17.7 Å². The van der Waals surface area contributed by atoms with Crippen LogP contribution in [0.3, 0.4) is 0 Å². The maximum Gasteiger partial charge on any atom is 0.115 e. The third-order valence-corrected chi connectivity index (χ3v) is 2.33. The second-order valence-electron chi connectivity index (χ2n) is 3.50. The fourth-order valence-corrected chi connectivity index (χ4v) is 1.43. The largest absolute Gasteiger partial charge is 0.508 e. The molecule has 16 heavy (non-hydrogen) atoms. The highest BCUT2D eigenvalue weighted by atomic mass is 16.3. The van der Waals surface area contributed by atoms with Gasteiger partial charge in [0.05, 0.1) is 0 Å². The van der Waals surface area contributed by atoms with Crippen LogP contribution in [0.1, 0.15) is 0 Å². The second kappa shape index (κ2) is 4.57. The van der Waals surface area contributed by atoms with Crippen molar-refractivity contribution >= 4 is 17.1 Å². The Bertz CT molecular complexity index is 448. The molecule has 0 aliphatic carbocycles. The van der Waals surface area contributed by atoms with Crippen LogP contribution in [0, 0.1) is 0 Å². The van der Waals surface area contributed by atoms with Gasteiger partial charge in [-0.2, -0.15) is 0 Å². The summed E-state index contributed by atoms with van der Waals surface area (Å²) in [4.78, 5) is 0. The van der Waals surface area contributed by atoms with Crippen molar-refractivity contribution in [1.82, 2.24) is 0 Å². The minimum absolute atomic E-state index is 0.274. The predicted octanol–water partition coefficient (Wildman–Crippen LogP) is 3.18. The molecule has 0 saturated heterocycles. The quantitative estimate of drug-likeness (QED) is 0.687. The summed E-state index contributed by atoms with van der Waals surface area (Å²) in [6.07, 6.45) is 0. The summed E-state index contributed by atoms with van der Waals surface area (Å²) in [6, 6.07) is 15.0.